The van der Waals surface area contributed by atoms with Crippen LogP contribution in [0.25, 0.3) is 0 Å². The zero-order chi connectivity index (χ0) is 10.3. The smallest absolute Gasteiger partial charge is 0.0853 e. The molecule has 0 spiro atoms. The summed E-state index contributed by atoms with van der Waals surface area (Å²) in [6.45, 7) is 4.28. The third-order valence-electron chi connectivity index (χ3n) is 2.98. The van der Waals surface area contributed by atoms with Crippen LogP contribution in [0.4, 0.5) is 0 Å². The summed E-state index contributed by atoms with van der Waals surface area (Å²) in [5.74, 6) is 0.536. The summed E-state index contributed by atoms with van der Waals surface area (Å²) < 4.78 is 5.50. The predicted molar refractivity (Wildman–Crippen MR) is 58.8 cm³/mol. The van der Waals surface area contributed by atoms with Gasteiger partial charge in [-0.3, -0.25) is 0 Å². The molecular weight excluding hydrogens is 196 g/mol. The Hall–Kier alpha value is -0.530. The number of hydrogen-bond donors (Lipinski definition) is 0. The summed E-state index contributed by atoms with van der Waals surface area (Å²) in [5.41, 5.74) is 3.77. The van der Waals surface area contributed by atoms with Crippen molar-refractivity contribution >= 4 is 11.6 Å². The second-order valence-electron chi connectivity index (χ2n) is 4.15. The van der Waals surface area contributed by atoms with Gasteiger partial charge in [0.25, 0.3) is 0 Å². The van der Waals surface area contributed by atoms with Gasteiger partial charge in [0.15, 0.2) is 0 Å². The average Bonchev–Trinajstić information content (AvgIpc) is 2.41. The van der Waals surface area contributed by atoms with Gasteiger partial charge in [-0.05, 0) is 42.0 Å². The van der Waals surface area contributed by atoms with Crippen molar-refractivity contribution in [3.8, 4) is 0 Å². The van der Waals surface area contributed by atoms with Gasteiger partial charge in [0.2, 0.25) is 0 Å². The van der Waals surface area contributed by atoms with E-state index < -0.39 is 0 Å². The molecule has 1 aromatic rings. The molecule has 14 heavy (non-hydrogen) atoms. The summed E-state index contributed by atoms with van der Waals surface area (Å²) in [5, 5.41) is 0.895. The highest BCUT2D eigenvalue weighted by Gasteiger charge is 2.30. The molecule has 0 N–H and O–H groups in total. The van der Waals surface area contributed by atoms with Crippen molar-refractivity contribution in [2.45, 2.75) is 26.4 Å². The third-order valence-corrected chi connectivity index (χ3v) is 3.31. The number of halogens is 1. The second-order valence-corrected chi connectivity index (χ2v) is 4.56. The van der Waals surface area contributed by atoms with Crippen LogP contribution in [0.15, 0.2) is 12.1 Å². The fourth-order valence-corrected chi connectivity index (χ4v) is 2.72. The van der Waals surface area contributed by atoms with E-state index in [-0.39, 0.29) is 6.10 Å². The largest absolute Gasteiger partial charge is 0.376 e. The van der Waals surface area contributed by atoms with Crippen LogP contribution < -0.4 is 0 Å². The van der Waals surface area contributed by atoms with Gasteiger partial charge in [0, 0.05) is 12.1 Å². The molecule has 0 saturated heterocycles. The summed E-state index contributed by atoms with van der Waals surface area (Å²) in [7, 11) is 1.77. The van der Waals surface area contributed by atoms with E-state index in [2.05, 4.69) is 19.9 Å². The Bertz CT molecular complexity index is 360. The normalized spacial score (nSPS) is 25.1. The Morgan fingerprint density at radius 1 is 1.43 bits per heavy atom. The van der Waals surface area contributed by atoms with Gasteiger partial charge in [-0.1, -0.05) is 24.6 Å². The van der Waals surface area contributed by atoms with Gasteiger partial charge in [-0.15, -0.1) is 0 Å². The lowest BCUT2D eigenvalue weighted by atomic mass is 10.0. The minimum absolute atomic E-state index is 0.224. The number of rotatable bonds is 1. The minimum Gasteiger partial charge on any atom is -0.376 e. The van der Waals surface area contributed by atoms with Crippen LogP contribution in [0.5, 0.6) is 0 Å². The van der Waals surface area contributed by atoms with Crippen LogP contribution in [0.2, 0.25) is 5.02 Å². The molecule has 0 saturated carbocycles. The van der Waals surface area contributed by atoms with Gasteiger partial charge in [-0.2, -0.15) is 0 Å². The first-order valence-electron chi connectivity index (χ1n) is 4.95. The first-order chi connectivity index (χ1) is 6.63. The maximum Gasteiger partial charge on any atom is 0.0853 e. The van der Waals surface area contributed by atoms with Crippen molar-refractivity contribution in [2.75, 3.05) is 7.11 Å². The van der Waals surface area contributed by atoms with Crippen LogP contribution in [0.3, 0.4) is 0 Å². The zero-order valence-corrected chi connectivity index (χ0v) is 9.56. The van der Waals surface area contributed by atoms with Crippen molar-refractivity contribution in [3.63, 3.8) is 0 Å². The number of benzene rings is 1. The minimum atomic E-state index is 0.224. The molecule has 76 valence electrons. The van der Waals surface area contributed by atoms with E-state index in [0.717, 1.165) is 11.4 Å². The number of methoxy groups -OCH3 is 1. The molecule has 1 aromatic carbocycles. The van der Waals surface area contributed by atoms with Crippen molar-refractivity contribution in [1.29, 1.82) is 0 Å². The lowest BCUT2D eigenvalue weighted by Crippen LogP contribution is -2.05. The van der Waals surface area contributed by atoms with E-state index in [1.165, 1.54) is 16.7 Å². The number of fused-ring (bicyclic) bond motifs is 1. The molecule has 0 bridgehead atoms. The first kappa shape index (κ1) is 10.0. The van der Waals surface area contributed by atoms with Gasteiger partial charge in [0.05, 0.1) is 6.10 Å². The number of ether oxygens (including phenoxy) is 1. The van der Waals surface area contributed by atoms with Crippen molar-refractivity contribution < 1.29 is 4.74 Å². The Kier molecular flexibility index (Phi) is 2.54. The highest BCUT2D eigenvalue weighted by Crippen LogP contribution is 2.41. The van der Waals surface area contributed by atoms with E-state index in [9.17, 15) is 0 Å². The first-order valence-corrected chi connectivity index (χ1v) is 5.33. The fraction of sp³-hybridized carbons (Fsp3) is 0.500. The summed E-state index contributed by atoms with van der Waals surface area (Å²) in [6.07, 6.45) is 1.26. The molecular formula is C12H15ClO. The fourth-order valence-electron chi connectivity index (χ4n) is 2.36. The SMILES string of the molecule is CO[C@H]1c2cc(C)cc(Cl)c2CC1C. The van der Waals surface area contributed by atoms with E-state index in [4.69, 9.17) is 16.3 Å². The van der Waals surface area contributed by atoms with Crippen LogP contribution in [-0.4, -0.2) is 7.11 Å². The molecule has 0 amide bonds. The average molecular weight is 211 g/mol. The molecule has 2 heteroatoms. The highest BCUT2D eigenvalue weighted by atomic mass is 35.5. The third kappa shape index (κ3) is 1.45. The van der Waals surface area contributed by atoms with E-state index in [1.807, 2.05) is 6.07 Å². The molecule has 1 aliphatic rings. The number of aryl methyl sites for hydroxylation is 1. The summed E-state index contributed by atoms with van der Waals surface area (Å²) in [6, 6.07) is 4.23. The Labute approximate surface area is 90.0 Å². The molecule has 1 unspecified atom stereocenters. The maximum absolute atomic E-state index is 6.21. The van der Waals surface area contributed by atoms with E-state index >= 15 is 0 Å². The van der Waals surface area contributed by atoms with Gasteiger partial charge in [-0.25, -0.2) is 0 Å². The zero-order valence-electron chi connectivity index (χ0n) is 8.80. The molecule has 0 aliphatic heterocycles. The monoisotopic (exact) mass is 210 g/mol. The standard InChI is InChI=1S/C12H15ClO/c1-7-4-10-9(11(13)5-7)6-8(2)12(10)14-3/h4-5,8,12H,6H2,1-3H3/t8?,12-/m1/s1. The summed E-state index contributed by atoms with van der Waals surface area (Å²) in [4.78, 5) is 0. The molecule has 1 nitrogen and oxygen atoms in total. The molecule has 0 fully saturated rings. The molecule has 0 heterocycles. The molecule has 0 radical (unpaired) electrons. The Morgan fingerprint density at radius 2 is 2.14 bits per heavy atom. The molecule has 1 aliphatic carbocycles. The molecule has 0 aromatic heterocycles. The van der Waals surface area contributed by atoms with Crippen molar-refractivity contribution in [1.82, 2.24) is 0 Å². The molecule has 2 atom stereocenters. The van der Waals surface area contributed by atoms with E-state index in [0.29, 0.717) is 5.92 Å². The van der Waals surface area contributed by atoms with Crippen LogP contribution in [-0.2, 0) is 11.2 Å². The number of hydrogen-bond acceptors (Lipinski definition) is 1. The van der Waals surface area contributed by atoms with Gasteiger partial charge >= 0.3 is 0 Å². The summed E-state index contributed by atoms with van der Waals surface area (Å²) >= 11 is 6.21. The van der Waals surface area contributed by atoms with Gasteiger partial charge in [0.1, 0.15) is 0 Å². The second kappa shape index (κ2) is 3.56. The van der Waals surface area contributed by atoms with Crippen molar-refractivity contribution in [3.05, 3.63) is 33.8 Å². The van der Waals surface area contributed by atoms with E-state index in [1.54, 1.807) is 7.11 Å². The van der Waals surface area contributed by atoms with Crippen LogP contribution in [0, 0.1) is 12.8 Å². The lowest BCUT2D eigenvalue weighted by molar-refractivity contribution is 0.0695. The highest BCUT2D eigenvalue weighted by molar-refractivity contribution is 6.31. The Morgan fingerprint density at radius 3 is 2.79 bits per heavy atom. The van der Waals surface area contributed by atoms with Crippen LogP contribution in [0.1, 0.15) is 29.7 Å². The van der Waals surface area contributed by atoms with Gasteiger partial charge < -0.3 is 4.74 Å². The maximum atomic E-state index is 6.21. The quantitative estimate of drug-likeness (QED) is 0.689. The predicted octanol–water partition coefficient (Wildman–Crippen LogP) is 3.53. The molecule has 2 rings (SSSR count). The Balaban J connectivity index is 2.53. The topological polar surface area (TPSA) is 9.23 Å². The van der Waals surface area contributed by atoms with Crippen molar-refractivity contribution in [2.24, 2.45) is 5.92 Å². The van der Waals surface area contributed by atoms with Crippen LogP contribution >= 0.6 is 11.6 Å². The lowest BCUT2D eigenvalue weighted by Gasteiger charge is -2.14.